The van der Waals surface area contributed by atoms with Gasteiger partial charge in [0.05, 0.1) is 15.8 Å². The first-order chi connectivity index (χ1) is 9.79. The van der Waals surface area contributed by atoms with Crippen molar-refractivity contribution in [2.75, 3.05) is 11.1 Å². The highest BCUT2D eigenvalue weighted by atomic mass is 35.5. The lowest BCUT2D eigenvalue weighted by molar-refractivity contribution is -0.113. The number of amides is 1. The van der Waals surface area contributed by atoms with Crippen molar-refractivity contribution in [2.24, 2.45) is 0 Å². The zero-order chi connectivity index (χ0) is 15.6. The van der Waals surface area contributed by atoms with E-state index in [4.69, 9.17) is 11.6 Å². The van der Waals surface area contributed by atoms with Crippen molar-refractivity contribution in [1.82, 2.24) is 4.98 Å². The van der Waals surface area contributed by atoms with E-state index in [-0.39, 0.29) is 5.82 Å². The average Bonchev–Trinajstić information content (AvgIpc) is 2.37. The standard InChI is InChI=1S/C14H15ClN2O3S/c1-9(2)21(19,20)8-14(18)17-13-7-11(15)10-5-3-4-6-12(10)16-13/h3-7,9H,8H2,1-2H3,(H,16,17,18). The van der Waals surface area contributed by atoms with E-state index in [9.17, 15) is 13.2 Å². The summed E-state index contributed by atoms with van der Waals surface area (Å²) >= 11 is 6.12. The van der Waals surface area contributed by atoms with Crippen LogP contribution in [0.4, 0.5) is 5.82 Å². The minimum Gasteiger partial charge on any atom is -0.310 e. The first-order valence-electron chi connectivity index (χ1n) is 6.36. The van der Waals surface area contributed by atoms with E-state index in [1.165, 1.54) is 19.9 Å². The maximum Gasteiger partial charge on any atom is 0.240 e. The molecule has 21 heavy (non-hydrogen) atoms. The van der Waals surface area contributed by atoms with Gasteiger partial charge in [-0.1, -0.05) is 29.8 Å². The minimum atomic E-state index is -3.44. The Labute approximate surface area is 128 Å². The van der Waals surface area contributed by atoms with Crippen LogP contribution in [0.5, 0.6) is 0 Å². The summed E-state index contributed by atoms with van der Waals surface area (Å²) in [6.07, 6.45) is 0. The van der Waals surface area contributed by atoms with Crippen LogP contribution in [0.2, 0.25) is 5.02 Å². The van der Waals surface area contributed by atoms with Crippen LogP contribution in [0.3, 0.4) is 0 Å². The van der Waals surface area contributed by atoms with Gasteiger partial charge < -0.3 is 5.32 Å². The quantitative estimate of drug-likeness (QED) is 0.937. The number of benzene rings is 1. The van der Waals surface area contributed by atoms with E-state index in [0.29, 0.717) is 10.5 Å². The second-order valence-corrected chi connectivity index (χ2v) is 7.88. The molecule has 5 nitrogen and oxygen atoms in total. The number of fused-ring (bicyclic) bond motifs is 1. The number of hydrogen-bond acceptors (Lipinski definition) is 4. The normalized spacial score (nSPS) is 11.8. The number of aromatic nitrogens is 1. The first kappa shape index (κ1) is 15.7. The molecule has 2 aromatic rings. The number of carbonyl (C=O) groups is 1. The third-order valence-corrected chi connectivity index (χ3v) is 5.40. The monoisotopic (exact) mass is 326 g/mol. The number of nitrogens with zero attached hydrogens (tertiary/aromatic N) is 1. The van der Waals surface area contributed by atoms with Crippen LogP contribution in [0.15, 0.2) is 30.3 Å². The molecular formula is C14H15ClN2O3S. The predicted octanol–water partition coefficient (Wildman–Crippen LogP) is 2.65. The lowest BCUT2D eigenvalue weighted by atomic mass is 10.2. The second-order valence-electron chi connectivity index (χ2n) is 4.91. The highest BCUT2D eigenvalue weighted by Gasteiger charge is 2.21. The van der Waals surface area contributed by atoms with Gasteiger partial charge in [0.2, 0.25) is 5.91 Å². The zero-order valence-electron chi connectivity index (χ0n) is 11.6. The fourth-order valence-electron chi connectivity index (χ4n) is 1.73. The van der Waals surface area contributed by atoms with Gasteiger partial charge in [0.25, 0.3) is 0 Å². The molecule has 112 valence electrons. The smallest absolute Gasteiger partial charge is 0.240 e. The SMILES string of the molecule is CC(C)S(=O)(=O)CC(=O)Nc1cc(Cl)c2ccccc2n1. The molecule has 0 aliphatic rings. The molecule has 7 heteroatoms. The fourth-order valence-corrected chi connectivity index (χ4v) is 2.76. The number of rotatable bonds is 4. The topological polar surface area (TPSA) is 76.1 Å². The summed E-state index contributed by atoms with van der Waals surface area (Å²) in [6.45, 7) is 3.07. The molecule has 1 aromatic carbocycles. The largest absolute Gasteiger partial charge is 0.310 e. The maximum atomic E-state index is 11.8. The summed E-state index contributed by atoms with van der Waals surface area (Å²) in [4.78, 5) is 16.0. The molecule has 0 atom stereocenters. The lowest BCUT2D eigenvalue weighted by Gasteiger charge is -2.09. The summed E-state index contributed by atoms with van der Waals surface area (Å²) < 4.78 is 23.4. The Balaban J connectivity index is 2.22. The van der Waals surface area contributed by atoms with Crippen LogP contribution in [-0.2, 0) is 14.6 Å². The van der Waals surface area contributed by atoms with E-state index in [2.05, 4.69) is 10.3 Å². The van der Waals surface area contributed by atoms with Gasteiger partial charge in [0.1, 0.15) is 11.6 Å². The molecule has 0 aliphatic carbocycles. The molecule has 0 saturated heterocycles. The molecule has 0 unspecified atom stereocenters. The Bertz CT molecular complexity index is 788. The minimum absolute atomic E-state index is 0.239. The summed E-state index contributed by atoms with van der Waals surface area (Å²) in [5.41, 5.74) is 0.631. The number of carbonyl (C=O) groups excluding carboxylic acids is 1. The van der Waals surface area contributed by atoms with Gasteiger partial charge in [-0.25, -0.2) is 13.4 Å². The van der Waals surface area contributed by atoms with Crippen LogP contribution in [0.1, 0.15) is 13.8 Å². The number of nitrogens with one attached hydrogen (secondary N) is 1. The first-order valence-corrected chi connectivity index (χ1v) is 8.45. The molecule has 0 fully saturated rings. The lowest BCUT2D eigenvalue weighted by Crippen LogP contribution is -2.28. The van der Waals surface area contributed by atoms with Gasteiger partial charge in [0, 0.05) is 11.5 Å². The Morgan fingerprint density at radius 1 is 1.33 bits per heavy atom. The van der Waals surface area contributed by atoms with Crippen LogP contribution in [0, 0.1) is 0 Å². The number of halogens is 1. The second kappa shape index (κ2) is 5.99. The summed E-state index contributed by atoms with van der Waals surface area (Å²) in [6, 6.07) is 8.73. The Kier molecular flexibility index (Phi) is 4.49. The molecule has 0 saturated carbocycles. The van der Waals surface area contributed by atoms with Crippen molar-refractivity contribution in [1.29, 1.82) is 0 Å². The van der Waals surface area contributed by atoms with Crippen molar-refractivity contribution in [2.45, 2.75) is 19.1 Å². The molecule has 2 rings (SSSR count). The van der Waals surface area contributed by atoms with Gasteiger partial charge in [-0.15, -0.1) is 0 Å². The number of anilines is 1. The Morgan fingerprint density at radius 2 is 2.00 bits per heavy atom. The fraction of sp³-hybridized carbons (Fsp3) is 0.286. The van der Waals surface area contributed by atoms with Gasteiger partial charge >= 0.3 is 0 Å². The Hall–Kier alpha value is -1.66. The van der Waals surface area contributed by atoms with E-state index in [1.54, 1.807) is 12.1 Å². The molecule has 0 aliphatic heterocycles. The summed E-state index contributed by atoms with van der Waals surface area (Å²) in [5, 5.41) is 3.09. The number of sulfone groups is 1. The molecular weight excluding hydrogens is 312 g/mol. The van der Waals surface area contributed by atoms with Gasteiger partial charge in [-0.2, -0.15) is 0 Å². The predicted molar refractivity (Wildman–Crippen MR) is 84.3 cm³/mol. The van der Waals surface area contributed by atoms with Gasteiger partial charge in [-0.05, 0) is 19.9 Å². The molecule has 1 N–H and O–H groups in total. The highest BCUT2D eigenvalue weighted by molar-refractivity contribution is 7.92. The van der Waals surface area contributed by atoms with E-state index in [0.717, 1.165) is 5.39 Å². The summed E-state index contributed by atoms with van der Waals surface area (Å²) in [5.74, 6) is -0.957. The third kappa shape index (κ3) is 3.71. The molecule has 1 amide bonds. The van der Waals surface area contributed by atoms with Crippen molar-refractivity contribution < 1.29 is 13.2 Å². The highest BCUT2D eigenvalue weighted by Crippen LogP contribution is 2.24. The maximum absolute atomic E-state index is 11.8. The van der Waals surface area contributed by atoms with Crippen molar-refractivity contribution in [3.05, 3.63) is 35.4 Å². The number of hydrogen-bond donors (Lipinski definition) is 1. The van der Waals surface area contributed by atoms with Crippen LogP contribution in [-0.4, -0.2) is 30.3 Å². The van der Waals surface area contributed by atoms with Crippen LogP contribution >= 0.6 is 11.6 Å². The Morgan fingerprint density at radius 3 is 2.67 bits per heavy atom. The van der Waals surface area contributed by atoms with Crippen molar-refractivity contribution in [3.63, 3.8) is 0 Å². The van der Waals surface area contributed by atoms with E-state index < -0.39 is 26.7 Å². The summed E-state index contributed by atoms with van der Waals surface area (Å²) in [7, 11) is -3.44. The molecule has 1 heterocycles. The van der Waals surface area contributed by atoms with E-state index in [1.807, 2.05) is 12.1 Å². The van der Waals surface area contributed by atoms with Crippen LogP contribution in [0.25, 0.3) is 10.9 Å². The van der Waals surface area contributed by atoms with E-state index >= 15 is 0 Å². The third-order valence-electron chi connectivity index (χ3n) is 2.98. The van der Waals surface area contributed by atoms with Crippen molar-refractivity contribution in [3.8, 4) is 0 Å². The molecule has 1 aromatic heterocycles. The van der Waals surface area contributed by atoms with Gasteiger partial charge in [0.15, 0.2) is 9.84 Å². The van der Waals surface area contributed by atoms with Crippen LogP contribution < -0.4 is 5.32 Å². The number of pyridine rings is 1. The molecule has 0 bridgehead atoms. The zero-order valence-corrected chi connectivity index (χ0v) is 13.2. The van der Waals surface area contributed by atoms with Gasteiger partial charge in [-0.3, -0.25) is 4.79 Å². The molecule has 0 spiro atoms. The van der Waals surface area contributed by atoms with Crippen molar-refractivity contribution >= 4 is 44.1 Å². The average molecular weight is 327 g/mol. The number of para-hydroxylation sites is 1. The molecule has 0 radical (unpaired) electrons.